The molecule has 0 saturated heterocycles. The number of hydrogen-bond donors (Lipinski definition) is 2. The molecule has 3 N–H and O–H groups in total. The third-order valence-electron chi connectivity index (χ3n) is 1.91. The van der Waals surface area contributed by atoms with Crippen LogP contribution in [0.25, 0.3) is 0 Å². The van der Waals surface area contributed by atoms with Gasteiger partial charge in [0.15, 0.2) is 0 Å². The zero-order valence-electron chi connectivity index (χ0n) is 8.12. The summed E-state index contributed by atoms with van der Waals surface area (Å²) >= 11 is 5.04. The van der Waals surface area contributed by atoms with Crippen molar-refractivity contribution in [1.82, 2.24) is 4.98 Å². The maximum absolute atomic E-state index is 5.63. The molecule has 0 fully saturated rings. The molecule has 0 spiro atoms. The molecule has 0 atom stereocenters. The highest BCUT2D eigenvalue weighted by molar-refractivity contribution is 9.11. The minimum absolute atomic E-state index is 0.686. The van der Waals surface area contributed by atoms with E-state index >= 15 is 0 Å². The summed E-state index contributed by atoms with van der Waals surface area (Å²) in [4.78, 5) is 4.24. The van der Waals surface area contributed by atoms with Crippen molar-refractivity contribution in [3.63, 3.8) is 0 Å². The summed E-state index contributed by atoms with van der Waals surface area (Å²) in [7, 11) is 0. The van der Waals surface area contributed by atoms with E-state index in [1.165, 1.54) is 0 Å². The fourth-order valence-corrected chi connectivity index (χ4v) is 2.51. The Morgan fingerprint density at radius 2 is 2.27 bits per heavy atom. The molecule has 0 aliphatic heterocycles. The number of thiophene rings is 1. The number of nitrogens with zero attached hydrogens (tertiary/aromatic N) is 1. The lowest BCUT2D eigenvalue weighted by Crippen LogP contribution is -1.96. The third kappa shape index (κ3) is 2.49. The van der Waals surface area contributed by atoms with Crippen LogP contribution in [0, 0.1) is 6.92 Å². The SMILES string of the molecule is Cc1cc(N)cnc1Nc1ccc(Br)s1. The van der Waals surface area contributed by atoms with Gasteiger partial charge in [0, 0.05) is 0 Å². The number of hydrogen-bond acceptors (Lipinski definition) is 4. The van der Waals surface area contributed by atoms with Crippen molar-refractivity contribution in [2.45, 2.75) is 6.92 Å². The topological polar surface area (TPSA) is 50.9 Å². The Hall–Kier alpha value is -1.07. The van der Waals surface area contributed by atoms with Crippen LogP contribution in [0.15, 0.2) is 28.2 Å². The van der Waals surface area contributed by atoms with Crippen LogP contribution < -0.4 is 11.1 Å². The summed E-state index contributed by atoms with van der Waals surface area (Å²) in [5.41, 5.74) is 7.36. The van der Waals surface area contributed by atoms with E-state index in [1.807, 2.05) is 25.1 Å². The zero-order chi connectivity index (χ0) is 10.8. The molecule has 15 heavy (non-hydrogen) atoms. The molecule has 0 bridgehead atoms. The number of nitrogens with one attached hydrogen (secondary N) is 1. The van der Waals surface area contributed by atoms with Gasteiger partial charge in [-0.1, -0.05) is 0 Å². The van der Waals surface area contributed by atoms with Gasteiger partial charge in [0.25, 0.3) is 0 Å². The minimum Gasteiger partial charge on any atom is -0.397 e. The van der Waals surface area contributed by atoms with Crippen molar-refractivity contribution in [3.8, 4) is 0 Å². The Kier molecular flexibility index (Phi) is 2.93. The molecular formula is C10H10BrN3S. The second-order valence-electron chi connectivity index (χ2n) is 3.16. The highest BCUT2D eigenvalue weighted by Crippen LogP contribution is 2.29. The quantitative estimate of drug-likeness (QED) is 0.886. The maximum Gasteiger partial charge on any atom is 0.133 e. The molecule has 3 nitrogen and oxygen atoms in total. The lowest BCUT2D eigenvalue weighted by Gasteiger charge is -2.06. The van der Waals surface area contributed by atoms with Crippen molar-refractivity contribution in [1.29, 1.82) is 0 Å². The van der Waals surface area contributed by atoms with Gasteiger partial charge in [-0.05, 0) is 46.6 Å². The Bertz CT molecular complexity index is 481. The number of halogens is 1. The van der Waals surface area contributed by atoms with Gasteiger partial charge in [-0.3, -0.25) is 0 Å². The molecule has 2 rings (SSSR count). The molecule has 0 aliphatic carbocycles. The number of nitrogen functional groups attached to an aromatic ring is 1. The van der Waals surface area contributed by atoms with Gasteiger partial charge >= 0.3 is 0 Å². The highest BCUT2D eigenvalue weighted by atomic mass is 79.9. The molecule has 0 unspecified atom stereocenters. The van der Waals surface area contributed by atoms with Gasteiger partial charge in [0.05, 0.1) is 20.7 Å². The average molecular weight is 284 g/mol. The van der Waals surface area contributed by atoms with Crippen LogP contribution >= 0.6 is 27.3 Å². The van der Waals surface area contributed by atoms with Gasteiger partial charge in [-0.15, -0.1) is 11.3 Å². The van der Waals surface area contributed by atoms with Crippen molar-refractivity contribution in [3.05, 3.63) is 33.7 Å². The molecule has 78 valence electrons. The van der Waals surface area contributed by atoms with Gasteiger partial charge in [-0.2, -0.15) is 0 Å². The van der Waals surface area contributed by atoms with Crippen molar-refractivity contribution in [2.75, 3.05) is 11.1 Å². The minimum atomic E-state index is 0.686. The normalized spacial score (nSPS) is 10.3. The zero-order valence-corrected chi connectivity index (χ0v) is 10.5. The van der Waals surface area contributed by atoms with Crippen LogP contribution in [0.4, 0.5) is 16.5 Å². The first-order valence-corrected chi connectivity index (χ1v) is 6.00. The number of aryl methyl sites for hydroxylation is 1. The lowest BCUT2D eigenvalue weighted by molar-refractivity contribution is 1.27. The summed E-state index contributed by atoms with van der Waals surface area (Å²) in [5.74, 6) is 0.846. The van der Waals surface area contributed by atoms with Crippen LogP contribution in [0.3, 0.4) is 0 Å². The third-order valence-corrected chi connectivity index (χ3v) is 3.45. The van der Waals surface area contributed by atoms with Gasteiger partial charge in [0.1, 0.15) is 5.82 Å². The fourth-order valence-electron chi connectivity index (χ4n) is 1.23. The Morgan fingerprint density at radius 3 is 2.87 bits per heavy atom. The van der Waals surface area contributed by atoms with Gasteiger partial charge in [-0.25, -0.2) is 4.98 Å². The van der Waals surface area contributed by atoms with Crippen LogP contribution in [0.1, 0.15) is 5.56 Å². The number of anilines is 3. The fraction of sp³-hybridized carbons (Fsp3) is 0.100. The molecular weight excluding hydrogens is 274 g/mol. The molecule has 0 saturated carbocycles. The second kappa shape index (κ2) is 4.20. The number of nitrogens with two attached hydrogens (primary N) is 1. The molecule has 0 amide bonds. The number of aromatic nitrogens is 1. The van der Waals surface area contributed by atoms with E-state index in [0.29, 0.717) is 5.69 Å². The van der Waals surface area contributed by atoms with E-state index in [4.69, 9.17) is 5.73 Å². The van der Waals surface area contributed by atoms with Crippen LogP contribution in [0.5, 0.6) is 0 Å². The van der Waals surface area contributed by atoms with Crippen LogP contribution in [-0.4, -0.2) is 4.98 Å². The Labute approximate surface area is 100 Å². The molecule has 0 radical (unpaired) electrons. The Morgan fingerprint density at radius 1 is 1.47 bits per heavy atom. The predicted molar refractivity (Wildman–Crippen MR) is 68.7 cm³/mol. The molecule has 0 aromatic carbocycles. The van der Waals surface area contributed by atoms with E-state index in [1.54, 1.807) is 17.5 Å². The van der Waals surface area contributed by atoms with E-state index in [2.05, 4.69) is 26.2 Å². The first kappa shape index (κ1) is 10.4. The largest absolute Gasteiger partial charge is 0.397 e. The first-order valence-electron chi connectivity index (χ1n) is 4.39. The van der Waals surface area contributed by atoms with Crippen LogP contribution in [-0.2, 0) is 0 Å². The van der Waals surface area contributed by atoms with Gasteiger partial charge in [0.2, 0.25) is 0 Å². The second-order valence-corrected chi connectivity index (χ2v) is 5.63. The lowest BCUT2D eigenvalue weighted by atomic mass is 10.2. The van der Waals surface area contributed by atoms with E-state index in [-0.39, 0.29) is 0 Å². The maximum atomic E-state index is 5.63. The molecule has 2 heterocycles. The standard InChI is InChI=1S/C10H10BrN3S/c1-6-4-7(12)5-13-10(6)14-9-3-2-8(11)15-9/h2-5H,12H2,1H3,(H,13,14). The van der Waals surface area contributed by atoms with E-state index in [9.17, 15) is 0 Å². The Balaban J connectivity index is 2.24. The summed E-state index contributed by atoms with van der Waals surface area (Å²) < 4.78 is 1.10. The molecule has 5 heteroatoms. The first-order chi connectivity index (χ1) is 7.15. The monoisotopic (exact) mass is 283 g/mol. The van der Waals surface area contributed by atoms with E-state index in [0.717, 1.165) is 20.2 Å². The molecule has 2 aromatic rings. The van der Waals surface area contributed by atoms with Crippen LogP contribution in [0.2, 0.25) is 0 Å². The van der Waals surface area contributed by atoms with Gasteiger partial charge < -0.3 is 11.1 Å². The molecule has 2 aromatic heterocycles. The predicted octanol–water partition coefficient (Wildman–Crippen LogP) is 3.54. The summed E-state index contributed by atoms with van der Waals surface area (Å²) in [6, 6.07) is 5.91. The van der Waals surface area contributed by atoms with E-state index < -0.39 is 0 Å². The highest BCUT2D eigenvalue weighted by Gasteiger charge is 2.02. The van der Waals surface area contributed by atoms with Crippen molar-refractivity contribution >= 4 is 43.8 Å². The average Bonchev–Trinajstić information content (AvgIpc) is 2.56. The number of rotatable bonds is 2. The van der Waals surface area contributed by atoms with Crippen molar-refractivity contribution in [2.24, 2.45) is 0 Å². The summed E-state index contributed by atoms with van der Waals surface area (Å²) in [6.07, 6.45) is 1.65. The number of pyridine rings is 1. The smallest absolute Gasteiger partial charge is 0.133 e. The van der Waals surface area contributed by atoms with Crippen molar-refractivity contribution < 1.29 is 0 Å². The summed E-state index contributed by atoms with van der Waals surface area (Å²) in [5, 5.41) is 4.30. The summed E-state index contributed by atoms with van der Waals surface area (Å²) in [6.45, 7) is 1.98. The molecule has 0 aliphatic rings.